The van der Waals surface area contributed by atoms with Crippen LogP contribution in [0.15, 0.2) is 0 Å². The van der Waals surface area contributed by atoms with Gasteiger partial charge < -0.3 is 10.1 Å². The predicted molar refractivity (Wildman–Crippen MR) is 63.0 cm³/mol. The number of carbonyl (C=O) groups is 2. The van der Waals surface area contributed by atoms with E-state index in [4.69, 9.17) is 4.74 Å². The molecule has 0 aliphatic carbocycles. The molecule has 0 spiro atoms. The maximum Gasteiger partial charge on any atom is 0.325 e. The molecule has 0 aromatic carbocycles. The molecular formula is C12H23NO3. The fourth-order valence-electron chi connectivity index (χ4n) is 1.25. The molecule has 1 amide bonds. The second-order valence-electron chi connectivity index (χ2n) is 3.81. The molecule has 0 aliphatic heterocycles. The number of unbranched alkanes of at least 4 members (excludes halogenated alkanes) is 3. The van der Waals surface area contributed by atoms with Crippen molar-refractivity contribution in [2.45, 2.75) is 52.4 Å². The van der Waals surface area contributed by atoms with Crippen LogP contribution in [0, 0.1) is 0 Å². The third kappa shape index (κ3) is 9.49. The molecule has 4 heteroatoms. The number of esters is 1. The molecule has 0 radical (unpaired) electrons. The van der Waals surface area contributed by atoms with Crippen molar-refractivity contribution in [3.63, 3.8) is 0 Å². The van der Waals surface area contributed by atoms with Crippen molar-refractivity contribution in [1.82, 2.24) is 5.32 Å². The number of ether oxygens (including phenoxy) is 1. The number of amides is 1. The first kappa shape index (κ1) is 14.9. The molecule has 0 saturated carbocycles. The highest BCUT2D eigenvalue weighted by Gasteiger charge is 2.05. The summed E-state index contributed by atoms with van der Waals surface area (Å²) < 4.78 is 4.96. The van der Waals surface area contributed by atoms with Gasteiger partial charge in [-0.1, -0.05) is 33.1 Å². The highest BCUT2D eigenvalue weighted by Crippen LogP contribution is 1.98. The number of carbonyl (C=O) groups excluding carboxylic acids is 2. The number of hydrogen-bond acceptors (Lipinski definition) is 3. The number of rotatable bonds is 9. The van der Waals surface area contributed by atoms with Gasteiger partial charge in [0.25, 0.3) is 0 Å². The average molecular weight is 229 g/mol. The Balaban J connectivity index is 3.34. The largest absolute Gasteiger partial charge is 0.464 e. The normalized spacial score (nSPS) is 9.88. The van der Waals surface area contributed by atoms with E-state index in [9.17, 15) is 9.59 Å². The quantitative estimate of drug-likeness (QED) is 0.486. The second kappa shape index (κ2) is 10.5. The number of hydrogen-bond donors (Lipinski definition) is 1. The highest BCUT2D eigenvalue weighted by atomic mass is 16.5. The molecule has 4 nitrogen and oxygen atoms in total. The Morgan fingerprint density at radius 3 is 2.44 bits per heavy atom. The van der Waals surface area contributed by atoms with Gasteiger partial charge in [-0.05, 0) is 12.8 Å². The summed E-state index contributed by atoms with van der Waals surface area (Å²) in [6.07, 6.45) is 5.59. The lowest BCUT2D eigenvalue weighted by atomic mass is 10.2. The van der Waals surface area contributed by atoms with Gasteiger partial charge in [-0.2, -0.15) is 0 Å². The van der Waals surface area contributed by atoms with Gasteiger partial charge in [-0.3, -0.25) is 9.59 Å². The second-order valence-corrected chi connectivity index (χ2v) is 3.81. The van der Waals surface area contributed by atoms with E-state index in [1.165, 1.54) is 12.8 Å². The van der Waals surface area contributed by atoms with E-state index in [2.05, 4.69) is 12.2 Å². The van der Waals surface area contributed by atoms with Crippen molar-refractivity contribution in [2.24, 2.45) is 0 Å². The molecular weight excluding hydrogens is 206 g/mol. The van der Waals surface area contributed by atoms with E-state index in [1.807, 2.05) is 6.92 Å². The molecule has 0 fully saturated rings. The lowest BCUT2D eigenvalue weighted by Gasteiger charge is -2.05. The Morgan fingerprint density at radius 1 is 1.06 bits per heavy atom. The summed E-state index contributed by atoms with van der Waals surface area (Å²) in [5.74, 6) is -0.439. The standard InChI is InChI=1S/C12H23NO3/c1-3-5-6-7-9-16-12(15)10-13-11(14)8-4-2/h3-10H2,1-2H3,(H,13,14). The minimum absolute atomic E-state index is 0.00733. The van der Waals surface area contributed by atoms with Crippen LogP contribution in [-0.4, -0.2) is 25.0 Å². The van der Waals surface area contributed by atoms with Crippen LogP contribution in [0.1, 0.15) is 52.4 Å². The van der Waals surface area contributed by atoms with Crippen LogP contribution < -0.4 is 5.32 Å². The van der Waals surface area contributed by atoms with Gasteiger partial charge in [0.2, 0.25) is 5.91 Å². The van der Waals surface area contributed by atoms with Crippen LogP contribution in [0.3, 0.4) is 0 Å². The van der Waals surface area contributed by atoms with Gasteiger partial charge in [-0.15, -0.1) is 0 Å². The first-order valence-electron chi connectivity index (χ1n) is 6.13. The van der Waals surface area contributed by atoms with Crippen LogP contribution >= 0.6 is 0 Å². The SMILES string of the molecule is CCCCCCOC(=O)CNC(=O)CCC. The Labute approximate surface area is 97.7 Å². The maximum atomic E-state index is 11.1. The van der Waals surface area contributed by atoms with Crippen molar-refractivity contribution < 1.29 is 14.3 Å². The van der Waals surface area contributed by atoms with Crippen molar-refractivity contribution in [3.8, 4) is 0 Å². The molecule has 0 heterocycles. The monoisotopic (exact) mass is 229 g/mol. The van der Waals surface area contributed by atoms with Crippen LogP contribution in [0.5, 0.6) is 0 Å². The minimum Gasteiger partial charge on any atom is -0.464 e. The first-order chi connectivity index (χ1) is 7.70. The predicted octanol–water partition coefficient (Wildman–Crippen LogP) is 2.03. The Kier molecular flexibility index (Phi) is 9.76. The number of nitrogens with one attached hydrogen (secondary N) is 1. The van der Waals surface area contributed by atoms with E-state index in [0.717, 1.165) is 19.3 Å². The van der Waals surface area contributed by atoms with Gasteiger partial charge in [0.05, 0.1) is 6.61 Å². The van der Waals surface area contributed by atoms with Crippen LogP contribution in [0.25, 0.3) is 0 Å². The summed E-state index contributed by atoms with van der Waals surface area (Å²) >= 11 is 0. The van der Waals surface area contributed by atoms with E-state index < -0.39 is 0 Å². The lowest BCUT2D eigenvalue weighted by Crippen LogP contribution is -2.30. The summed E-state index contributed by atoms with van der Waals surface area (Å²) in [5, 5.41) is 2.52. The zero-order valence-electron chi connectivity index (χ0n) is 10.4. The van der Waals surface area contributed by atoms with Gasteiger partial charge >= 0.3 is 5.97 Å². The summed E-state index contributed by atoms with van der Waals surface area (Å²) in [5.41, 5.74) is 0. The smallest absolute Gasteiger partial charge is 0.325 e. The third-order valence-corrected chi connectivity index (χ3v) is 2.17. The van der Waals surface area contributed by atoms with E-state index >= 15 is 0 Å². The summed E-state index contributed by atoms with van der Waals surface area (Å²) in [7, 11) is 0. The van der Waals surface area contributed by atoms with Gasteiger partial charge in [0.15, 0.2) is 0 Å². The minimum atomic E-state index is -0.346. The lowest BCUT2D eigenvalue weighted by molar-refractivity contribution is -0.144. The Hall–Kier alpha value is -1.06. The molecule has 0 bridgehead atoms. The van der Waals surface area contributed by atoms with Crippen molar-refractivity contribution in [2.75, 3.05) is 13.2 Å². The van der Waals surface area contributed by atoms with E-state index in [-0.39, 0.29) is 18.4 Å². The van der Waals surface area contributed by atoms with Crippen LogP contribution in [-0.2, 0) is 14.3 Å². The summed E-state index contributed by atoms with van der Waals surface area (Å²) in [4.78, 5) is 22.2. The molecule has 0 unspecified atom stereocenters. The molecule has 16 heavy (non-hydrogen) atoms. The third-order valence-electron chi connectivity index (χ3n) is 2.17. The van der Waals surface area contributed by atoms with Gasteiger partial charge in [0, 0.05) is 6.42 Å². The Bertz CT molecular complexity index is 204. The van der Waals surface area contributed by atoms with Gasteiger partial charge in [0.1, 0.15) is 6.54 Å². The van der Waals surface area contributed by atoms with Crippen molar-refractivity contribution in [1.29, 1.82) is 0 Å². The molecule has 1 N–H and O–H groups in total. The first-order valence-corrected chi connectivity index (χ1v) is 6.13. The summed E-state index contributed by atoms with van der Waals surface area (Å²) in [6, 6.07) is 0. The molecule has 0 saturated heterocycles. The van der Waals surface area contributed by atoms with E-state index in [1.54, 1.807) is 0 Å². The Morgan fingerprint density at radius 2 is 1.81 bits per heavy atom. The highest BCUT2D eigenvalue weighted by molar-refractivity contribution is 5.81. The maximum absolute atomic E-state index is 11.1. The molecule has 0 aromatic rings. The molecule has 0 atom stereocenters. The molecule has 0 aromatic heterocycles. The van der Waals surface area contributed by atoms with Crippen LogP contribution in [0.2, 0.25) is 0 Å². The molecule has 0 rings (SSSR count). The van der Waals surface area contributed by atoms with Crippen molar-refractivity contribution in [3.05, 3.63) is 0 Å². The molecule has 94 valence electrons. The fourth-order valence-corrected chi connectivity index (χ4v) is 1.25. The zero-order chi connectivity index (χ0) is 12.2. The molecule has 0 aliphatic rings. The summed E-state index contributed by atoms with van der Waals surface area (Å²) in [6.45, 7) is 4.51. The van der Waals surface area contributed by atoms with Crippen molar-refractivity contribution >= 4 is 11.9 Å². The fraction of sp³-hybridized carbons (Fsp3) is 0.833. The zero-order valence-corrected chi connectivity index (χ0v) is 10.4. The van der Waals surface area contributed by atoms with Gasteiger partial charge in [-0.25, -0.2) is 0 Å². The average Bonchev–Trinajstić information content (AvgIpc) is 2.26. The van der Waals surface area contributed by atoms with Crippen LogP contribution in [0.4, 0.5) is 0 Å². The topological polar surface area (TPSA) is 55.4 Å². The van der Waals surface area contributed by atoms with E-state index in [0.29, 0.717) is 13.0 Å².